The van der Waals surface area contributed by atoms with Gasteiger partial charge in [-0.3, -0.25) is 0 Å². The molecular weight excluding hydrogens is 370 g/mol. The average Bonchev–Trinajstić information content (AvgIpc) is 2.28. The van der Waals surface area contributed by atoms with Crippen LogP contribution in [0.25, 0.3) is 0 Å². The number of nitrogens with one attached hydrogen (secondary N) is 1. The number of halogens is 2. The molecule has 0 aliphatic carbocycles. The fraction of sp³-hybridized carbons (Fsp3) is 0.600. The molecule has 0 heterocycles. The van der Waals surface area contributed by atoms with Crippen LogP contribution >= 0.6 is 31.9 Å². The minimum absolute atomic E-state index is 0.245. The van der Waals surface area contributed by atoms with E-state index in [4.69, 9.17) is 4.74 Å². The van der Waals surface area contributed by atoms with Crippen molar-refractivity contribution in [2.75, 3.05) is 6.61 Å². The molecule has 0 bridgehead atoms. The molecule has 1 aromatic rings. The van der Waals surface area contributed by atoms with Gasteiger partial charge in [-0.25, -0.2) is 0 Å². The van der Waals surface area contributed by atoms with E-state index in [1.807, 2.05) is 13.0 Å². The molecule has 1 rings (SSSR count). The SMILES string of the molecule is CCOc1c(Br)cc(Br)cc1CNC(C)C(C)(C)C. The monoisotopic (exact) mass is 391 g/mol. The van der Waals surface area contributed by atoms with E-state index in [1.54, 1.807) is 0 Å². The number of hydrogen-bond donors (Lipinski definition) is 1. The van der Waals surface area contributed by atoms with E-state index in [0.29, 0.717) is 12.6 Å². The molecule has 0 aromatic heterocycles. The third-order valence-electron chi connectivity index (χ3n) is 3.27. The number of hydrogen-bond acceptors (Lipinski definition) is 2. The lowest BCUT2D eigenvalue weighted by atomic mass is 9.88. The maximum absolute atomic E-state index is 5.73. The Bertz CT molecular complexity index is 427. The summed E-state index contributed by atoms with van der Waals surface area (Å²) in [6.45, 7) is 12.4. The molecule has 0 aliphatic heterocycles. The van der Waals surface area contributed by atoms with Crippen molar-refractivity contribution in [3.8, 4) is 5.75 Å². The third-order valence-corrected chi connectivity index (χ3v) is 4.32. The first-order valence-corrected chi connectivity index (χ1v) is 8.18. The number of rotatable bonds is 5. The van der Waals surface area contributed by atoms with Crippen LogP contribution < -0.4 is 10.1 Å². The summed E-state index contributed by atoms with van der Waals surface area (Å²) < 4.78 is 7.78. The Morgan fingerprint density at radius 2 is 1.89 bits per heavy atom. The minimum Gasteiger partial charge on any atom is -0.492 e. The zero-order valence-corrected chi connectivity index (χ0v) is 15.5. The Balaban J connectivity index is 2.88. The van der Waals surface area contributed by atoms with Gasteiger partial charge in [-0.05, 0) is 47.3 Å². The summed E-state index contributed by atoms with van der Waals surface area (Å²) in [6, 6.07) is 4.56. The van der Waals surface area contributed by atoms with E-state index in [2.05, 4.69) is 70.9 Å². The highest BCUT2D eigenvalue weighted by Crippen LogP contribution is 2.33. The largest absolute Gasteiger partial charge is 0.492 e. The highest BCUT2D eigenvalue weighted by Gasteiger charge is 2.20. The number of ether oxygens (including phenoxy) is 1. The normalized spacial score (nSPS) is 13.4. The highest BCUT2D eigenvalue weighted by atomic mass is 79.9. The third kappa shape index (κ3) is 5.09. The van der Waals surface area contributed by atoms with Crippen LogP contribution in [0.4, 0.5) is 0 Å². The van der Waals surface area contributed by atoms with E-state index in [9.17, 15) is 0 Å². The molecule has 2 nitrogen and oxygen atoms in total. The highest BCUT2D eigenvalue weighted by molar-refractivity contribution is 9.11. The minimum atomic E-state index is 0.245. The van der Waals surface area contributed by atoms with E-state index >= 15 is 0 Å². The Labute approximate surface area is 133 Å². The molecule has 0 saturated carbocycles. The fourth-order valence-electron chi connectivity index (χ4n) is 1.62. The van der Waals surface area contributed by atoms with E-state index in [-0.39, 0.29) is 5.41 Å². The van der Waals surface area contributed by atoms with Crippen LogP contribution in [-0.2, 0) is 6.54 Å². The molecule has 0 fully saturated rings. The van der Waals surface area contributed by atoms with Crippen LogP contribution in [0.5, 0.6) is 5.75 Å². The zero-order valence-electron chi connectivity index (χ0n) is 12.3. The summed E-state index contributed by atoms with van der Waals surface area (Å²) in [5, 5.41) is 3.57. The maximum atomic E-state index is 5.73. The molecule has 4 heteroatoms. The average molecular weight is 393 g/mol. The van der Waals surface area contributed by atoms with Crippen molar-refractivity contribution in [3.05, 3.63) is 26.6 Å². The second-order valence-corrected chi connectivity index (χ2v) is 7.55. The lowest BCUT2D eigenvalue weighted by molar-refractivity contribution is 0.281. The summed E-state index contributed by atoms with van der Waals surface area (Å²) in [5.74, 6) is 0.930. The molecule has 19 heavy (non-hydrogen) atoms. The zero-order chi connectivity index (χ0) is 14.6. The molecule has 1 N–H and O–H groups in total. The number of benzene rings is 1. The Morgan fingerprint density at radius 1 is 1.26 bits per heavy atom. The van der Waals surface area contributed by atoms with Gasteiger partial charge in [-0.2, -0.15) is 0 Å². The van der Waals surface area contributed by atoms with Gasteiger partial charge in [-0.15, -0.1) is 0 Å². The molecule has 0 saturated heterocycles. The van der Waals surface area contributed by atoms with Crippen molar-refractivity contribution < 1.29 is 4.74 Å². The lowest BCUT2D eigenvalue weighted by Gasteiger charge is -2.28. The van der Waals surface area contributed by atoms with Gasteiger partial charge in [0.05, 0.1) is 11.1 Å². The first-order valence-electron chi connectivity index (χ1n) is 6.59. The van der Waals surface area contributed by atoms with Gasteiger partial charge < -0.3 is 10.1 Å². The molecule has 1 aromatic carbocycles. The van der Waals surface area contributed by atoms with Gasteiger partial charge in [0.15, 0.2) is 0 Å². The first kappa shape index (κ1) is 17.0. The van der Waals surface area contributed by atoms with E-state index < -0.39 is 0 Å². The summed E-state index contributed by atoms with van der Waals surface area (Å²) >= 11 is 7.09. The second-order valence-electron chi connectivity index (χ2n) is 5.78. The summed E-state index contributed by atoms with van der Waals surface area (Å²) in [5.41, 5.74) is 1.41. The Hall–Kier alpha value is -0.0600. The van der Waals surface area contributed by atoms with Gasteiger partial charge in [0.2, 0.25) is 0 Å². The fourth-order valence-corrected chi connectivity index (χ4v) is 3.05. The molecule has 1 atom stereocenters. The molecule has 0 amide bonds. The Kier molecular flexibility index (Phi) is 6.34. The van der Waals surface area contributed by atoms with Crippen molar-refractivity contribution in [1.29, 1.82) is 0 Å². The molecule has 0 radical (unpaired) electrons. The van der Waals surface area contributed by atoms with Crippen LogP contribution in [0, 0.1) is 5.41 Å². The van der Waals surface area contributed by atoms with Gasteiger partial charge >= 0.3 is 0 Å². The van der Waals surface area contributed by atoms with E-state index in [1.165, 1.54) is 5.56 Å². The summed E-state index contributed by atoms with van der Waals surface area (Å²) in [6.07, 6.45) is 0. The predicted octanol–water partition coefficient (Wildman–Crippen LogP) is 5.13. The molecule has 0 spiro atoms. The van der Waals surface area contributed by atoms with Crippen LogP contribution in [0.1, 0.15) is 40.2 Å². The second kappa shape index (κ2) is 7.09. The van der Waals surface area contributed by atoms with Crippen LogP contribution in [-0.4, -0.2) is 12.6 Å². The molecule has 108 valence electrons. The van der Waals surface area contributed by atoms with Crippen molar-refractivity contribution in [2.45, 2.75) is 47.2 Å². The molecule has 0 aliphatic rings. The van der Waals surface area contributed by atoms with Crippen molar-refractivity contribution in [1.82, 2.24) is 5.32 Å². The van der Waals surface area contributed by atoms with Gasteiger partial charge in [0.1, 0.15) is 5.75 Å². The maximum Gasteiger partial charge on any atom is 0.138 e. The molecule has 1 unspecified atom stereocenters. The van der Waals surface area contributed by atoms with Gasteiger partial charge in [-0.1, -0.05) is 36.7 Å². The smallest absolute Gasteiger partial charge is 0.138 e. The van der Waals surface area contributed by atoms with Gasteiger partial charge in [0.25, 0.3) is 0 Å². The van der Waals surface area contributed by atoms with Gasteiger partial charge in [0, 0.05) is 22.6 Å². The quantitative estimate of drug-likeness (QED) is 0.749. The van der Waals surface area contributed by atoms with Crippen LogP contribution in [0.3, 0.4) is 0 Å². The Morgan fingerprint density at radius 3 is 2.42 bits per heavy atom. The lowest BCUT2D eigenvalue weighted by Crippen LogP contribution is -2.37. The summed E-state index contributed by atoms with van der Waals surface area (Å²) in [4.78, 5) is 0. The van der Waals surface area contributed by atoms with Crippen molar-refractivity contribution >= 4 is 31.9 Å². The standard InChI is InChI=1S/C15H23Br2NO/c1-6-19-14-11(7-12(16)8-13(14)17)9-18-10(2)15(3,4)5/h7-8,10,18H,6,9H2,1-5H3. The molecular formula is C15H23Br2NO. The predicted molar refractivity (Wildman–Crippen MR) is 88.8 cm³/mol. The topological polar surface area (TPSA) is 21.3 Å². The van der Waals surface area contributed by atoms with Crippen LogP contribution in [0.15, 0.2) is 21.1 Å². The first-order chi connectivity index (χ1) is 8.75. The van der Waals surface area contributed by atoms with E-state index in [0.717, 1.165) is 21.2 Å². The van der Waals surface area contributed by atoms with Crippen molar-refractivity contribution in [3.63, 3.8) is 0 Å². The van der Waals surface area contributed by atoms with Crippen LogP contribution in [0.2, 0.25) is 0 Å². The summed E-state index contributed by atoms with van der Waals surface area (Å²) in [7, 11) is 0. The van der Waals surface area contributed by atoms with Crippen molar-refractivity contribution in [2.24, 2.45) is 5.41 Å².